The van der Waals surface area contributed by atoms with Crippen molar-refractivity contribution in [2.75, 3.05) is 6.54 Å². The van der Waals surface area contributed by atoms with E-state index in [2.05, 4.69) is 10.6 Å². The molecule has 3 N–H and O–H groups in total. The van der Waals surface area contributed by atoms with Gasteiger partial charge in [0.25, 0.3) is 0 Å². The lowest BCUT2D eigenvalue weighted by Gasteiger charge is -2.30. The zero-order valence-electron chi connectivity index (χ0n) is 15.3. The van der Waals surface area contributed by atoms with Gasteiger partial charge >= 0.3 is 12.0 Å². The molecule has 1 heterocycles. The molecule has 2 unspecified atom stereocenters. The number of urea groups is 1. The maximum atomic E-state index is 12.9. The van der Waals surface area contributed by atoms with Crippen molar-refractivity contribution in [3.05, 3.63) is 35.9 Å². The van der Waals surface area contributed by atoms with Gasteiger partial charge in [0.05, 0.1) is 6.42 Å². The number of carbonyl (C=O) groups is 3. The number of likely N-dealkylation sites (tertiary alicyclic amines) is 1. The van der Waals surface area contributed by atoms with E-state index in [0.717, 1.165) is 12.0 Å². The van der Waals surface area contributed by atoms with Gasteiger partial charge < -0.3 is 20.6 Å². The van der Waals surface area contributed by atoms with Crippen LogP contribution in [0, 0.1) is 5.92 Å². The highest BCUT2D eigenvalue weighted by Crippen LogP contribution is 2.22. The summed E-state index contributed by atoms with van der Waals surface area (Å²) in [5.74, 6) is -1.22. The lowest BCUT2D eigenvalue weighted by molar-refractivity contribution is -0.140. The van der Waals surface area contributed by atoms with Crippen LogP contribution in [0.2, 0.25) is 0 Å². The van der Waals surface area contributed by atoms with Crippen molar-refractivity contribution in [3.63, 3.8) is 0 Å². The Kier molecular flexibility index (Phi) is 7.00. The van der Waals surface area contributed by atoms with Gasteiger partial charge in [-0.25, -0.2) is 4.79 Å². The maximum Gasteiger partial charge on any atom is 0.315 e. The fourth-order valence-electron chi connectivity index (χ4n) is 3.20. The molecule has 0 aromatic heterocycles. The first kappa shape index (κ1) is 19.8. The van der Waals surface area contributed by atoms with Crippen molar-refractivity contribution in [1.29, 1.82) is 0 Å². The number of carboxylic acid groups (broad SMARTS) is 1. The molecule has 1 aliphatic rings. The number of aliphatic carboxylic acids is 1. The Balaban J connectivity index is 1.95. The minimum Gasteiger partial charge on any atom is -0.481 e. The first-order valence-electron chi connectivity index (χ1n) is 8.99. The van der Waals surface area contributed by atoms with Gasteiger partial charge in [-0.1, -0.05) is 44.2 Å². The highest BCUT2D eigenvalue weighted by molar-refractivity contribution is 5.88. The first-order chi connectivity index (χ1) is 12.4. The monoisotopic (exact) mass is 361 g/mol. The summed E-state index contributed by atoms with van der Waals surface area (Å²) in [6.45, 7) is 4.63. The minimum absolute atomic E-state index is 0.0588. The summed E-state index contributed by atoms with van der Waals surface area (Å²) in [6.07, 6.45) is 1.41. The molecular formula is C19H27N3O4. The van der Waals surface area contributed by atoms with Crippen LogP contribution < -0.4 is 10.6 Å². The van der Waals surface area contributed by atoms with Gasteiger partial charge in [-0.15, -0.1) is 0 Å². The molecule has 26 heavy (non-hydrogen) atoms. The van der Waals surface area contributed by atoms with Gasteiger partial charge in [0, 0.05) is 19.1 Å². The second-order valence-electron chi connectivity index (χ2n) is 6.96. The molecule has 1 aliphatic heterocycles. The Labute approximate surface area is 153 Å². The van der Waals surface area contributed by atoms with Gasteiger partial charge in [0.1, 0.15) is 6.04 Å². The standard InChI is InChI=1S/C19H27N3O4/c1-13(2)17(18(25)22-10-6-9-15(22)11-16(23)24)21-19(26)20-12-14-7-4-3-5-8-14/h3-5,7-8,13,15,17H,6,9-12H2,1-2H3,(H,23,24)(H2,20,21,26). The molecule has 0 spiro atoms. The fraction of sp³-hybridized carbons (Fsp3) is 0.526. The normalized spacial score (nSPS) is 17.8. The smallest absolute Gasteiger partial charge is 0.315 e. The van der Waals surface area contributed by atoms with Crippen LogP contribution in [0.3, 0.4) is 0 Å². The molecule has 1 aromatic rings. The first-order valence-corrected chi connectivity index (χ1v) is 8.99. The zero-order chi connectivity index (χ0) is 19.1. The van der Waals surface area contributed by atoms with Crippen LogP contribution in [-0.2, 0) is 16.1 Å². The predicted molar refractivity (Wildman–Crippen MR) is 97.4 cm³/mol. The van der Waals surface area contributed by atoms with Crippen molar-refractivity contribution in [2.45, 2.75) is 51.7 Å². The van der Waals surface area contributed by atoms with E-state index in [-0.39, 0.29) is 24.3 Å². The molecule has 1 saturated heterocycles. The number of amides is 3. The SMILES string of the molecule is CC(C)C(NC(=O)NCc1ccccc1)C(=O)N1CCCC1CC(=O)O. The number of benzene rings is 1. The zero-order valence-corrected chi connectivity index (χ0v) is 15.3. The van der Waals surface area contributed by atoms with Gasteiger partial charge in [0.2, 0.25) is 5.91 Å². The lowest BCUT2D eigenvalue weighted by Crippen LogP contribution is -2.54. The summed E-state index contributed by atoms with van der Waals surface area (Å²) in [4.78, 5) is 37.7. The van der Waals surface area contributed by atoms with E-state index in [0.29, 0.717) is 19.5 Å². The molecule has 7 nitrogen and oxygen atoms in total. The van der Waals surface area contributed by atoms with Crippen LogP contribution in [0.1, 0.15) is 38.7 Å². The molecule has 142 valence electrons. The third-order valence-electron chi connectivity index (χ3n) is 4.59. The topological polar surface area (TPSA) is 98.7 Å². The highest BCUT2D eigenvalue weighted by atomic mass is 16.4. The maximum absolute atomic E-state index is 12.9. The summed E-state index contributed by atoms with van der Waals surface area (Å²) < 4.78 is 0. The quantitative estimate of drug-likeness (QED) is 0.691. The van der Waals surface area contributed by atoms with Crippen LogP contribution in [0.25, 0.3) is 0 Å². The van der Waals surface area contributed by atoms with Crippen molar-refractivity contribution < 1.29 is 19.5 Å². The molecule has 0 bridgehead atoms. The van der Waals surface area contributed by atoms with Crippen LogP contribution in [0.5, 0.6) is 0 Å². The summed E-state index contributed by atoms with van der Waals surface area (Å²) in [5, 5.41) is 14.5. The number of carbonyl (C=O) groups excluding carboxylic acids is 2. The molecule has 0 aliphatic carbocycles. The highest BCUT2D eigenvalue weighted by Gasteiger charge is 2.36. The van der Waals surface area contributed by atoms with E-state index in [9.17, 15) is 14.4 Å². The molecule has 0 radical (unpaired) electrons. The van der Waals surface area contributed by atoms with Crippen LogP contribution in [0.4, 0.5) is 4.79 Å². The Hall–Kier alpha value is -2.57. The molecule has 7 heteroatoms. The average molecular weight is 361 g/mol. The van der Waals surface area contributed by atoms with E-state index >= 15 is 0 Å². The summed E-state index contributed by atoms with van der Waals surface area (Å²) in [5.41, 5.74) is 0.969. The molecular weight excluding hydrogens is 334 g/mol. The molecule has 0 saturated carbocycles. The van der Waals surface area contributed by atoms with Crippen molar-refractivity contribution in [3.8, 4) is 0 Å². The number of hydrogen-bond acceptors (Lipinski definition) is 3. The van der Waals surface area contributed by atoms with Crippen LogP contribution in [0.15, 0.2) is 30.3 Å². The lowest BCUT2D eigenvalue weighted by atomic mass is 10.0. The fourth-order valence-corrected chi connectivity index (χ4v) is 3.20. The summed E-state index contributed by atoms with van der Waals surface area (Å²) in [6, 6.07) is 8.13. The van der Waals surface area contributed by atoms with Gasteiger partial charge in [-0.05, 0) is 24.3 Å². The van der Waals surface area contributed by atoms with Crippen molar-refractivity contribution >= 4 is 17.9 Å². The summed E-state index contributed by atoms with van der Waals surface area (Å²) in [7, 11) is 0. The van der Waals surface area contributed by atoms with Crippen LogP contribution >= 0.6 is 0 Å². The number of nitrogens with zero attached hydrogens (tertiary/aromatic N) is 1. The summed E-state index contributed by atoms with van der Waals surface area (Å²) >= 11 is 0. The molecule has 3 amide bonds. The molecule has 2 atom stereocenters. The van der Waals surface area contributed by atoms with Gasteiger partial charge in [-0.3, -0.25) is 9.59 Å². The van der Waals surface area contributed by atoms with Crippen LogP contribution in [-0.4, -0.2) is 46.5 Å². The Bertz CT molecular complexity index is 633. The van der Waals surface area contributed by atoms with E-state index in [4.69, 9.17) is 5.11 Å². The Morgan fingerprint density at radius 1 is 1.23 bits per heavy atom. The van der Waals surface area contributed by atoms with Crippen molar-refractivity contribution in [1.82, 2.24) is 15.5 Å². The molecule has 2 rings (SSSR count). The van der Waals surface area contributed by atoms with Crippen molar-refractivity contribution in [2.24, 2.45) is 5.92 Å². The third kappa shape index (κ3) is 5.47. The number of nitrogens with one attached hydrogen (secondary N) is 2. The number of carboxylic acids is 1. The largest absolute Gasteiger partial charge is 0.481 e. The van der Waals surface area contributed by atoms with E-state index in [1.807, 2.05) is 44.2 Å². The molecule has 1 aromatic carbocycles. The van der Waals surface area contributed by atoms with Gasteiger partial charge in [0.15, 0.2) is 0 Å². The van der Waals surface area contributed by atoms with E-state index in [1.165, 1.54) is 0 Å². The van der Waals surface area contributed by atoms with Gasteiger partial charge in [-0.2, -0.15) is 0 Å². The second kappa shape index (κ2) is 9.22. The number of hydrogen-bond donors (Lipinski definition) is 3. The average Bonchev–Trinajstić information content (AvgIpc) is 3.05. The third-order valence-corrected chi connectivity index (χ3v) is 4.59. The molecule has 1 fully saturated rings. The number of rotatable bonds is 7. The van der Waals surface area contributed by atoms with E-state index in [1.54, 1.807) is 4.90 Å². The Morgan fingerprint density at radius 3 is 2.54 bits per heavy atom. The minimum atomic E-state index is -0.913. The predicted octanol–water partition coefficient (Wildman–Crippen LogP) is 1.98. The Morgan fingerprint density at radius 2 is 1.92 bits per heavy atom. The second-order valence-corrected chi connectivity index (χ2v) is 6.96. The van der Waals surface area contributed by atoms with E-state index < -0.39 is 18.0 Å².